The van der Waals surface area contributed by atoms with Gasteiger partial charge in [0.25, 0.3) is 0 Å². The molecule has 2 rings (SSSR count). The quantitative estimate of drug-likeness (QED) is 0.874. The van der Waals surface area contributed by atoms with E-state index >= 15 is 0 Å². The Balaban J connectivity index is 1.78. The highest BCUT2D eigenvalue weighted by molar-refractivity contribution is 5.45. The van der Waals surface area contributed by atoms with E-state index in [0.29, 0.717) is 0 Å². The minimum Gasteiger partial charge on any atom is -0.384 e. The molecule has 2 nitrogen and oxygen atoms in total. The average molecular weight is 246 g/mol. The van der Waals surface area contributed by atoms with E-state index in [-0.39, 0.29) is 0 Å². The van der Waals surface area contributed by atoms with E-state index in [1.165, 1.54) is 30.6 Å². The van der Waals surface area contributed by atoms with E-state index in [9.17, 15) is 0 Å². The fourth-order valence-electron chi connectivity index (χ4n) is 2.84. The summed E-state index contributed by atoms with van der Waals surface area (Å²) in [5, 5.41) is 3.53. The zero-order chi connectivity index (χ0) is 13.0. The van der Waals surface area contributed by atoms with Crippen LogP contribution < -0.4 is 5.32 Å². The van der Waals surface area contributed by atoms with Crippen LogP contribution in [0.5, 0.6) is 0 Å². The lowest BCUT2D eigenvalue weighted by molar-refractivity contribution is 0.119. The normalized spacial score (nSPS) is 25.1. The average Bonchev–Trinajstić information content (AvgIpc) is 2.35. The van der Waals surface area contributed by atoms with Crippen molar-refractivity contribution in [1.29, 1.82) is 0 Å². The van der Waals surface area contributed by atoms with E-state index in [1.54, 1.807) is 0 Å². The molecule has 2 unspecified atom stereocenters. The van der Waals surface area contributed by atoms with Gasteiger partial charge in [-0.25, -0.2) is 0 Å². The van der Waals surface area contributed by atoms with Crippen molar-refractivity contribution in [3.8, 4) is 0 Å². The van der Waals surface area contributed by atoms with E-state index < -0.39 is 0 Å². The Morgan fingerprint density at radius 2 is 2.17 bits per heavy atom. The molecule has 0 aliphatic carbocycles. The zero-order valence-corrected chi connectivity index (χ0v) is 11.9. The van der Waals surface area contributed by atoms with Crippen LogP contribution in [0, 0.1) is 12.8 Å². The topological polar surface area (TPSA) is 15.3 Å². The van der Waals surface area contributed by atoms with Gasteiger partial charge in [-0.15, -0.1) is 0 Å². The summed E-state index contributed by atoms with van der Waals surface area (Å²) in [6, 6.07) is 9.35. The van der Waals surface area contributed by atoms with E-state index in [0.717, 1.165) is 25.0 Å². The fraction of sp³-hybridized carbons (Fsp3) is 0.625. The van der Waals surface area contributed by atoms with E-state index in [2.05, 4.69) is 55.3 Å². The summed E-state index contributed by atoms with van der Waals surface area (Å²) in [6.45, 7) is 10.3. The van der Waals surface area contributed by atoms with Crippen molar-refractivity contribution in [3.05, 3.63) is 29.8 Å². The monoisotopic (exact) mass is 246 g/mol. The Bertz CT molecular complexity index is 375. The second kappa shape index (κ2) is 6.24. The number of piperidine rings is 1. The van der Waals surface area contributed by atoms with Gasteiger partial charge in [0, 0.05) is 24.8 Å². The van der Waals surface area contributed by atoms with Crippen molar-refractivity contribution in [2.24, 2.45) is 5.92 Å². The molecule has 1 aromatic rings. The van der Waals surface area contributed by atoms with E-state index in [1.807, 2.05) is 0 Å². The molecule has 2 atom stereocenters. The van der Waals surface area contributed by atoms with Crippen LogP contribution in [0.25, 0.3) is 0 Å². The summed E-state index contributed by atoms with van der Waals surface area (Å²) in [7, 11) is 0. The number of likely N-dealkylation sites (tertiary alicyclic amines) is 1. The number of anilines is 1. The highest BCUT2D eigenvalue weighted by Gasteiger charge is 2.23. The fourth-order valence-corrected chi connectivity index (χ4v) is 2.84. The largest absolute Gasteiger partial charge is 0.384 e. The molecule has 0 saturated carbocycles. The summed E-state index contributed by atoms with van der Waals surface area (Å²) >= 11 is 0. The van der Waals surface area contributed by atoms with Gasteiger partial charge in [-0.05, 0) is 56.8 Å². The smallest absolute Gasteiger partial charge is 0.0343 e. The second-order valence-corrected chi connectivity index (χ2v) is 5.69. The zero-order valence-electron chi connectivity index (χ0n) is 11.9. The van der Waals surface area contributed by atoms with Gasteiger partial charge in [0.05, 0.1) is 0 Å². The van der Waals surface area contributed by atoms with Crippen LogP contribution in [0.2, 0.25) is 0 Å². The summed E-state index contributed by atoms with van der Waals surface area (Å²) in [5.41, 5.74) is 2.56. The van der Waals surface area contributed by atoms with Crippen molar-refractivity contribution < 1.29 is 0 Å². The van der Waals surface area contributed by atoms with Gasteiger partial charge in [0.1, 0.15) is 0 Å². The van der Waals surface area contributed by atoms with Crippen LogP contribution in [0.3, 0.4) is 0 Å². The molecule has 1 N–H and O–H groups in total. The third kappa shape index (κ3) is 3.49. The minimum absolute atomic E-state index is 0.734. The Morgan fingerprint density at radius 1 is 1.33 bits per heavy atom. The number of rotatable bonds is 4. The number of aryl methyl sites for hydroxylation is 1. The first-order valence-electron chi connectivity index (χ1n) is 7.21. The van der Waals surface area contributed by atoms with Gasteiger partial charge < -0.3 is 5.32 Å². The predicted octanol–water partition coefficient (Wildman–Crippen LogP) is 3.53. The van der Waals surface area contributed by atoms with Crippen LogP contribution in [0.4, 0.5) is 5.69 Å². The standard InChI is InChI=1S/C16H26N2/c1-13-6-4-8-16(12-13)17-9-11-18-10-5-7-14(2)15(18)3/h4,6,8,12,14-15,17H,5,7,9-11H2,1-3H3. The maximum Gasteiger partial charge on any atom is 0.0343 e. The molecule has 0 spiro atoms. The van der Waals surface area contributed by atoms with Crippen LogP contribution >= 0.6 is 0 Å². The molecule has 1 aromatic carbocycles. The van der Waals surface area contributed by atoms with Gasteiger partial charge in [-0.2, -0.15) is 0 Å². The first kappa shape index (κ1) is 13.4. The molecule has 1 fully saturated rings. The van der Waals surface area contributed by atoms with Crippen LogP contribution in [-0.4, -0.2) is 30.6 Å². The summed E-state index contributed by atoms with van der Waals surface area (Å²) < 4.78 is 0. The van der Waals surface area contributed by atoms with Crippen LogP contribution in [-0.2, 0) is 0 Å². The Hall–Kier alpha value is -1.02. The molecule has 18 heavy (non-hydrogen) atoms. The molecule has 0 radical (unpaired) electrons. The number of hydrogen-bond acceptors (Lipinski definition) is 2. The summed E-state index contributed by atoms with van der Waals surface area (Å²) in [4.78, 5) is 2.62. The van der Waals surface area contributed by atoms with Gasteiger partial charge in [-0.1, -0.05) is 19.1 Å². The van der Waals surface area contributed by atoms with E-state index in [4.69, 9.17) is 0 Å². The molecule has 100 valence electrons. The molecule has 0 bridgehead atoms. The molecule has 1 aliphatic heterocycles. The van der Waals surface area contributed by atoms with Gasteiger partial charge in [-0.3, -0.25) is 4.90 Å². The SMILES string of the molecule is Cc1cccc(NCCN2CCCC(C)C2C)c1. The lowest BCUT2D eigenvalue weighted by Gasteiger charge is -2.38. The number of nitrogens with zero attached hydrogens (tertiary/aromatic N) is 1. The minimum atomic E-state index is 0.734. The molecule has 1 heterocycles. The maximum absolute atomic E-state index is 3.53. The molecular formula is C16H26N2. The summed E-state index contributed by atoms with van der Waals surface area (Å²) in [5.74, 6) is 0.845. The Kier molecular flexibility index (Phi) is 4.65. The molecule has 1 saturated heterocycles. The molecule has 0 aromatic heterocycles. The third-order valence-corrected chi connectivity index (χ3v) is 4.25. The lowest BCUT2D eigenvalue weighted by atomic mass is 9.92. The lowest BCUT2D eigenvalue weighted by Crippen LogP contribution is -2.44. The van der Waals surface area contributed by atoms with Gasteiger partial charge in [0.2, 0.25) is 0 Å². The Morgan fingerprint density at radius 3 is 2.94 bits per heavy atom. The number of hydrogen-bond donors (Lipinski definition) is 1. The van der Waals surface area contributed by atoms with Gasteiger partial charge in [0.15, 0.2) is 0 Å². The first-order chi connectivity index (χ1) is 8.66. The van der Waals surface area contributed by atoms with Crippen molar-refractivity contribution in [2.45, 2.75) is 39.7 Å². The van der Waals surface area contributed by atoms with Crippen LogP contribution in [0.1, 0.15) is 32.3 Å². The number of nitrogens with one attached hydrogen (secondary N) is 1. The first-order valence-corrected chi connectivity index (χ1v) is 7.21. The van der Waals surface area contributed by atoms with Crippen LogP contribution in [0.15, 0.2) is 24.3 Å². The third-order valence-electron chi connectivity index (χ3n) is 4.25. The Labute approximate surface area is 111 Å². The maximum atomic E-state index is 3.53. The van der Waals surface area contributed by atoms with Crippen molar-refractivity contribution >= 4 is 5.69 Å². The highest BCUT2D eigenvalue weighted by atomic mass is 15.2. The molecule has 2 heteroatoms. The number of benzene rings is 1. The van der Waals surface area contributed by atoms with Crippen molar-refractivity contribution in [2.75, 3.05) is 25.0 Å². The second-order valence-electron chi connectivity index (χ2n) is 5.69. The highest BCUT2D eigenvalue weighted by Crippen LogP contribution is 2.22. The molecular weight excluding hydrogens is 220 g/mol. The molecule has 0 amide bonds. The van der Waals surface area contributed by atoms with Crippen molar-refractivity contribution in [3.63, 3.8) is 0 Å². The van der Waals surface area contributed by atoms with Gasteiger partial charge >= 0.3 is 0 Å². The summed E-state index contributed by atoms with van der Waals surface area (Å²) in [6.07, 6.45) is 2.75. The van der Waals surface area contributed by atoms with Crippen molar-refractivity contribution in [1.82, 2.24) is 4.90 Å². The predicted molar refractivity (Wildman–Crippen MR) is 79.1 cm³/mol. The molecule has 1 aliphatic rings.